The van der Waals surface area contributed by atoms with Gasteiger partial charge in [0.05, 0.1) is 24.9 Å². The number of rotatable bonds is 4. The number of carbonyl (C=O) groups is 1. The first-order chi connectivity index (χ1) is 6.66. The molecule has 0 rings (SSSR count). The first-order valence-corrected chi connectivity index (χ1v) is 4.93. The van der Waals surface area contributed by atoms with Crippen LogP contribution in [-0.4, -0.2) is 37.0 Å². The molecule has 4 nitrogen and oxygen atoms in total. The maximum absolute atomic E-state index is 10.8. The lowest BCUT2D eigenvalue weighted by Crippen LogP contribution is -2.31. The lowest BCUT2D eigenvalue weighted by atomic mass is 10.1. The van der Waals surface area contributed by atoms with E-state index in [1.54, 1.807) is 0 Å². The topological polar surface area (TPSA) is 47.9 Å². The molecular formula is C11H21NO3. The molecule has 0 aromatic carbocycles. The predicted octanol–water partition coefficient (Wildman–Crippen LogP) is 1.82. The fourth-order valence-corrected chi connectivity index (χ4v) is 0.711. The molecular weight excluding hydrogens is 194 g/mol. The second-order valence-corrected chi connectivity index (χ2v) is 4.99. The lowest BCUT2D eigenvalue weighted by Gasteiger charge is -2.26. The molecule has 0 saturated carbocycles. The second-order valence-electron chi connectivity index (χ2n) is 4.99. The van der Waals surface area contributed by atoms with Crippen LogP contribution in [0.2, 0.25) is 0 Å². The van der Waals surface area contributed by atoms with Crippen LogP contribution < -0.4 is 0 Å². The molecule has 0 amide bonds. The van der Waals surface area contributed by atoms with Crippen LogP contribution in [0.3, 0.4) is 0 Å². The molecule has 0 spiro atoms. The molecule has 0 saturated heterocycles. The molecule has 15 heavy (non-hydrogen) atoms. The highest BCUT2D eigenvalue weighted by molar-refractivity contribution is 6.23. The molecule has 0 aromatic rings. The Hall–Kier alpha value is -0.900. The Labute approximate surface area is 91.7 Å². The van der Waals surface area contributed by atoms with Gasteiger partial charge in [0.2, 0.25) is 0 Å². The van der Waals surface area contributed by atoms with Gasteiger partial charge in [-0.3, -0.25) is 4.99 Å². The van der Waals surface area contributed by atoms with E-state index in [4.69, 9.17) is 4.74 Å². The number of esters is 1. The summed E-state index contributed by atoms with van der Waals surface area (Å²) in [7, 11) is 1.33. The van der Waals surface area contributed by atoms with Crippen molar-refractivity contribution in [2.45, 2.75) is 45.8 Å². The third kappa shape index (κ3) is 8.12. The van der Waals surface area contributed by atoms with E-state index in [1.165, 1.54) is 13.3 Å². The van der Waals surface area contributed by atoms with Crippen molar-refractivity contribution in [1.29, 1.82) is 0 Å². The molecule has 0 N–H and O–H groups in total. The Morgan fingerprint density at radius 2 is 1.80 bits per heavy atom. The average Bonchev–Trinajstić information content (AvgIpc) is 2.10. The van der Waals surface area contributed by atoms with E-state index in [0.29, 0.717) is 6.61 Å². The van der Waals surface area contributed by atoms with Gasteiger partial charge in [-0.2, -0.15) is 0 Å². The molecule has 0 aliphatic carbocycles. The molecule has 0 atom stereocenters. The minimum Gasteiger partial charge on any atom is -0.465 e. The second kappa shape index (κ2) is 5.26. The molecule has 0 unspecified atom stereocenters. The molecule has 88 valence electrons. The first-order valence-electron chi connectivity index (χ1n) is 4.93. The summed E-state index contributed by atoms with van der Waals surface area (Å²) in [6, 6.07) is 0. The smallest absolute Gasteiger partial charge is 0.348 e. The zero-order valence-electron chi connectivity index (χ0n) is 10.5. The van der Waals surface area contributed by atoms with Gasteiger partial charge in [-0.1, -0.05) is 0 Å². The van der Waals surface area contributed by atoms with Gasteiger partial charge >= 0.3 is 5.97 Å². The highest BCUT2D eigenvalue weighted by atomic mass is 16.5. The average molecular weight is 215 g/mol. The minimum absolute atomic E-state index is 0.196. The largest absolute Gasteiger partial charge is 0.465 e. The monoisotopic (exact) mass is 215 g/mol. The van der Waals surface area contributed by atoms with E-state index < -0.39 is 11.5 Å². The van der Waals surface area contributed by atoms with Gasteiger partial charge < -0.3 is 9.47 Å². The van der Waals surface area contributed by atoms with Gasteiger partial charge in [0.1, 0.15) is 6.21 Å². The number of hydrogen-bond donors (Lipinski definition) is 0. The number of ether oxygens (including phenoxy) is 2. The van der Waals surface area contributed by atoms with Crippen molar-refractivity contribution < 1.29 is 14.3 Å². The zero-order chi connectivity index (χ0) is 12.1. The maximum Gasteiger partial charge on any atom is 0.348 e. The number of hydrogen-bond acceptors (Lipinski definition) is 4. The summed E-state index contributed by atoms with van der Waals surface area (Å²) in [5, 5.41) is 0. The van der Waals surface area contributed by atoms with Crippen molar-refractivity contribution in [2.24, 2.45) is 4.99 Å². The van der Waals surface area contributed by atoms with E-state index >= 15 is 0 Å². The first kappa shape index (κ1) is 14.1. The number of nitrogens with zero attached hydrogens (tertiary/aromatic N) is 1. The van der Waals surface area contributed by atoms with Gasteiger partial charge in [-0.05, 0) is 34.6 Å². The van der Waals surface area contributed by atoms with Crippen LogP contribution in [0.15, 0.2) is 4.99 Å². The number of carbonyl (C=O) groups excluding carboxylic acids is 1. The Morgan fingerprint density at radius 3 is 2.20 bits per heavy atom. The fourth-order valence-electron chi connectivity index (χ4n) is 0.711. The summed E-state index contributed by atoms with van der Waals surface area (Å²) >= 11 is 0. The standard InChI is InChI=1S/C11H21NO3/c1-10(2,3)15-8-11(4,5)12-7-9(13)14-6/h7H,8H2,1-6H3. The van der Waals surface area contributed by atoms with Crippen LogP contribution in [0.5, 0.6) is 0 Å². The summed E-state index contributed by atoms with van der Waals surface area (Å²) in [6.07, 6.45) is 1.19. The SMILES string of the molecule is COC(=O)C=NC(C)(C)COC(C)(C)C. The molecule has 0 bridgehead atoms. The molecule has 0 aliphatic rings. The zero-order valence-corrected chi connectivity index (χ0v) is 10.5. The van der Waals surface area contributed by atoms with E-state index in [0.717, 1.165) is 0 Å². The predicted molar refractivity (Wildman–Crippen MR) is 60.3 cm³/mol. The van der Waals surface area contributed by atoms with E-state index in [9.17, 15) is 4.79 Å². The quantitative estimate of drug-likeness (QED) is 0.531. The van der Waals surface area contributed by atoms with Crippen LogP contribution in [-0.2, 0) is 14.3 Å². The molecule has 0 aromatic heterocycles. The van der Waals surface area contributed by atoms with Gasteiger partial charge in [0.25, 0.3) is 0 Å². The fraction of sp³-hybridized carbons (Fsp3) is 0.818. The minimum atomic E-state index is -0.446. The Morgan fingerprint density at radius 1 is 1.27 bits per heavy atom. The van der Waals surface area contributed by atoms with E-state index in [-0.39, 0.29) is 5.60 Å². The summed E-state index contributed by atoms with van der Waals surface area (Å²) in [5.74, 6) is -0.446. The van der Waals surface area contributed by atoms with E-state index in [2.05, 4.69) is 9.73 Å². The van der Waals surface area contributed by atoms with Crippen molar-refractivity contribution in [3.05, 3.63) is 0 Å². The molecule has 0 aliphatic heterocycles. The Kier molecular flexibility index (Phi) is 4.94. The van der Waals surface area contributed by atoms with Gasteiger partial charge in [0, 0.05) is 0 Å². The third-order valence-electron chi connectivity index (χ3n) is 1.58. The van der Waals surface area contributed by atoms with Crippen LogP contribution in [0.4, 0.5) is 0 Å². The molecule has 4 heteroatoms. The third-order valence-corrected chi connectivity index (χ3v) is 1.58. The van der Waals surface area contributed by atoms with Gasteiger partial charge in [-0.15, -0.1) is 0 Å². The van der Waals surface area contributed by atoms with Crippen LogP contribution in [0, 0.1) is 0 Å². The lowest BCUT2D eigenvalue weighted by molar-refractivity contribution is -0.132. The van der Waals surface area contributed by atoms with Crippen molar-refractivity contribution in [3.8, 4) is 0 Å². The van der Waals surface area contributed by atoms with Crippen LogP contribution >= 0.6 is 0 Å². The van der Waals surface area contributed by atoms with Crippen LogP contribution in [0.1, 0.15) is 34.6 Å². The normalized spacial score (nSPS) is 13.2. The molecule has 0 heterocycles. The highest BCUT2D eigenvalue weighted by Crippen LogP contribution is 2.14. The molecule has 0 fully saturated rings. The highest BCUT2D eigenvalue weighted by Gasteiger charge is 2.20. The summed E-state index contributed by atoms with van der Waals surface area (Å²) < 4.78 is 10.1. The maximum atomic E-state index is 10.8. The Bertz CT molecular complexity index is 239. The van der Waals surface area contributed by atoms with Crippen LogP contribution in [0.25, 0.3) is 0 Å². The summed E-state index contributed by atoms with van der Waals surface area (Å²) in [4.78, 5) is 15.0. The van der Waals surface area contributed by atoms with Gasteiger partial charge in [-0.25, -0.2) is 4.79 Å². The van der Waals surface area contributed by atoms with Crippen molar-refractivity contribution >= 4 is 12.2 Å². The Balaban J connectivity index is 4.19. The van der Waals surface area contributed by atoms with Gasteiger partial charge in [0.15, 0.2) is 0 Å². The summed E-state index contributed by atoms with van der Waals surface area (Å²) in [5.41, 5.74) is -0.612. The van der Waals surface area contributed by atoms with E-state index in [1.807, 2.05) is 34.6 Å². The summed E-state index contributed by atoms with van der Waals surface area (Å²) in [6.45, 7) is 10.2. The number of aliphatic imine (C=N–C) groups is 1. The van der Waals surface area contributed by atoms with Crippen molar-refractivity contribution in [3.63, 3.8) is 0 Å². The van der Waals surface area contributed by atoms with Crippen molar-refractivity contribution in [2.75, 3.05) is 13.7 Å². The van der Waals surface area contributed by atoms with Crippen molar-refractivity contribution in [1.82, 2.24) is 0 Å². The molecule has 0 radical (unpaired) electrons. The number of methoxy groups -OCH3 is 1.